The molecule has 0 spiro atoms. The molecule has 1 heterocycles. The highest BCUT2D eigenvalue weighted by atomic mass is 16.2. The Balaban J connectivity index is 1.70. The molecule has 174 valence electrons. The zero-order chi connectivity index (χ0) is 24.2. The standard InChI is InChI=1S/C27H28N4O3/c1-17-10-12-19(13-11-17)22-15-23(30-27(34)29-20-7-5-6-18(2)14-20)26(33)31(16-25(28)32)24-9-4-3-8-21(22)24/h3-14,22-23H,15-16H2,1-2H3,(H2,28,32)(H2,29,30,34). The van der Waals surface area contributed by atoms with Gasteiger partial charge in [0.25, 0.3) is 0 Å². The van der Waals surface area contributed by atoms with E-state index < -0.39 is 18.0 Å². The van der Waals surface area contributed by atoms with E-state index in [1.807, 2.05) is 80.6 Å². The van der Waals surface area contributed by atoms with Crippen LogP contribution in [-0.4, -0.2) is 30.4 Å². The van der Waals surface area contributed by atoms with Gasteiger partial charge in [0.2, 0.25) is 11.8 Å². The Morgan fingerprint density at radius 3 is 2.41 bits per heavy atom. The fourth-order valence-electron chi connectivity index (χ4n) is 4.40. The molecule has 0 saturated heterocycles. The summed E-state index contributed by atoms with van der Waals surface area (Å²) >= 11 is 0. The average Bonchev–Trinajstić information content (AvgIpc) is 2.90. The molecule has 2 atom stereocenters. The van der Waals surface area contributed by atoms with Crippen LogP contribution in [0.1, 0.15) is 34.6 Å². The number of nitrogens with two attached hydrogens (primary N) is 1. The first-order valence-electron chi connectivity index (χ1n) is 11.2. The summed E-state index contributed by atoms with van der Waals surface area (Å²) in [4.78, 5) is 39.7. The van der Waals surface area contributed by atoms with Crippen molar-refractivity contribution < 1.29 is 14.4 Å². The molecule has 3 aromatic rings. The minimum Gasteiger partial charge on any atom is -0.368 e. The highest BCUT2D eigenvalue weighted by Gasteiger charge is 2.37. The van der Waals surface area contributed by atoms with Crippen molar-refractivity contribution in [1.82, 2.24) is 5.32 Å². The number of nitrogens with zero attached hydrogens (tertiary/aromatic N) is 1. The van der Waals surface area contributed by atoms with Gasteiger partial charge in [-0.1, -0.05) is 60.2 Å². The summed E-state index contributed by atoms with van der Waals surface area (Å²) in [5.41, 5.74) is 10.8. The van der Waals surface area contributed by atoms with Crippen molar-refractivity contribution in [2.24, 2.45) is 5.73 Å². The maximum Gasteiger partial charge on any atom is 0.319 e. The molecular weight excluding hydrogens is 428 g/mol. The van der Waals surface area contributed by atoms with E-state index >= 15 is 0 Å². The van der Waals surface area contributed by atoms with Crippen LogP contribution in [0.3, 0.4) is 0 Å². The van der Waals surface area contributed by atoms with E-state index in [1.54, 1.807) is 6.07 Å². The fraction of sp³-hybridized carbons (Fsp3) is 0.222. The van der Waals surface area contributed by atoms with Crippen molar-refractivity contribution in [1.29, 1.82) is 0 Å². The monoisotopic (exact) mass is 456 g/mol. The molecule has 7 heteroatoms. The average molecular weight is 457 g/mol. The summed E-state index contributed by atoms with van der Waals surface area (Å²) in [5, 5.41) is 5.63. The van der Waals surface area contributed by atoms with Crippen LogP contribution in [0.2, 0.25) is 0 Å². The zero-order valence-electron chi connectivity index (χ0n) is 19.2. The molecular formula is C27H28N4O3. The molecule has 0 radical (unpaired) electrons. The fourth-order valence-corrected chi connectivity index (χ4v) is 4.40. The number of anilines is 2. The van der Waals surface area contributed by atoms with Gasteiger partial charge in [-0.05, 0) is 55.2 Å². The highest BCUT2D eigenvalue weighted by Crippen LogP contribution is 2.39. The Bertz CT molecular complexity index is 1220. The third kappa shape index (κ3) is 5.09. The summed E-state index contributed by atoms with van der Waals surface area (Å²) in [7, 11) is 0. The molecule has 2 unspecified atom stereocenters. The first-order valence-corrected chi connectivity index (χ1v) is 11.2. The number of benzene rings is 3. The predicted molar refractivity (Wildman–Crippen MR) is 133 cm³/mol. The third-order valence-electron chi connectivity index (χ3n) is 6.01. The van der Waals surface area contributed by atoms with Crippen LogP contribution in [0.15, 0.2) is 72.8 Å². The second kappa shape index (κ2) is 9.79. The van der Waals surface area contributed by atoms with Crippen molar-refractivity contribution in [3.05, 3.63) is 95.1 Å². The molecule has 0 aliphatic carbocycles. The van der Waals surface area contributed by atoms with E-state index in [-0.39, 0.29) is 18.4 Å². The molecule has 3 aromatic carbocycles. The molecule has 0 saturated carbocycles. The van der Waals surface area contributed by atoms with Crippen LogP contribution in [-0.2, 0) is 9.59 Å². The van der Waals surface area contributed by atoms with Gasteiger partial charge in [0.05, 0.1) is 0 Å². The molecule has 4 rings (SSSR count). The van der Waals surface area contributed by atoms with Crippen molar-refractivity contribution >= 4 is 29.2 Å². The number of hydrogen-bond acceptors (Lipinski definition) is 3. The molecule has 4 N–H and O–H groups in total. The van der Waals surface area contributed by atoms with Gasteiger partial charge < -0.3 is 21.3 Å². The zero-order valence-corrected chi connectivity index (χ0v) is 19.2. The Hall–Kier alpha value is -4.13. The lowest BCUT2D eigenvalue weighted by molar-refractivity contribution is -0.123. The third-order valence-corrected chi connectivity index (χ3v) is 6.01. The van der Waals surface area contributed by atoms with E-state index in [2.05, 4.69) is 10.6 Å². The van der Waals surface area contributed by atoms with Crippen LogP contribution < -0.4 is 21.3 Å². The van der Waals surface area contributed by atoms with Crippen LogP contribution in [0, 0.1) is 13.8 Å². The van der Waals surface area contributed by atoms with Gasteiger partial charge >= 0.3 is 6.03 Å². The van der Waals surface area contributed by atoms with Gasteiger partial charge in [0.15, 0.2) is 0 Å². The first kappa shape index (κ1) is 23.0. The largest absolute Gasteiger partial charge is 0.368 e. The minimum absolute atomic E-state index is 0.164. The maximum absolute atomic E-state index is 13.6. The molecule has 1 aliphatic heterocycles. The topological polar surface area (TPSA) is 105 Å². The summed E-state index contributed by atoms with van der Waals surface area (Å²) in [5.74, 6) is -1.16. The van der Waals surface area contributed by atoms with Gasteiger partial charge in [0.1, 0.15) is 12.6 Å². The van der Waals surface area contributed by atoms with E-state index in [0.717, 1.165) is 22.3 Å². The number of amides is 4. The summed E-state index contributed by atoms with van der Waals surface area (Å²) < 4.78 is 0. The SMILES string of the molecule is Cc1ccc(C2CC(NC(=O)Nc3cccc(C)c3)C(=O)N(CC(N)=O)c3ccccc32)cc1. The highest BCUT2D eigenvalue weighted by molar-refractivity contribution is 6.05. The number of urea groups is 1. The number of carbonyl (C=O) groups is 3. The predicted octanol–water partition coefficient (Wildman–Crippen LogP) is 3.85. The number of carbonyl (C=O) groups excluding carboxylic acids is 3. The van der Waals surface area contributed by atoms with Crippen molar-refractivity contribution in [3.63, 3.8) is 0 Å². The molecule has 0 fully saturated rings. The van der Waals surface area contributed by atoms with E-state index in [0.29, 0.717) is 17.8 Å². The number of fused-ring (bicyclic) bond motifs is 1. The number of nitrogens with one attached hydrogen (secondary N) is 2. The summed E-state index contributed by atoms with van der Waals surface area (Å²) in [6.45, 7) is 3.68. The molecule has 1 aliphatic rings. The summed E-state index contributed by atoms with van der Waals surface area (Å²) in [6.07, 6.45) is 0.343. The first-order chi connectivity index (χ1) is 16.3. The van der Waals surface area contributed by atoms with Crippen LogP contribution in [0.25, 0.3) is 0 Å². The molecule has 0 aromatic heterocycles. The number of primary amides is 1. The molecule has 34 heavy (non-hydrogen) atoms. The lowest BCUT2D eigenvalue weighted by Crippen LogP contribution is -2.51. The van der Waals surface area contributed by atoms with Gasteiger partial charge in [-0.3, -0.25) is 9.59 Å². The quantitative estimate of drug-likeness (QED) is 0.543. The minimum atomic E-state index is -0.858. The number of para-hydroxylation sites is 1. The van der Waals surface area contributed by atoms with Gasteiger partial charge in [-0.2, -0.15) is 0 Å². The normalized spacial score (nSPS) is 17.5. The summed E-state index contributed by atoms with van der Waals surface area (Å²) in [6, 6.07) is 21.7. The lowest BCUT2D eigenvalue weighted by atomic mass is 9.86. The molecule has 4 amide bonds. The van der Waals surface area contributed by atoms with Crippen molar-refractivity contribution in [2.75, 3.05) is 16.8 Å². The molecule has 0 bridgehead atoms. The van der Waals surface area contributed by atoms with E-state index in [4.69, 9.17) is 5.73 Å². The van der Waals surface area contributed by atoms with E-state index in [1.165, 1.54) is 4.90 Å². The molecule has 7 nitrogen and oxygen atoms in total. The van der Waals surface area contributed by atoms with Gasteiger partial charge in [-0.25, -0.2) is 4.79 Å². The lowest BCUT2D eigenvalue weighted by Gasteiger charge is -2.25. The number of rotatable bonds is 5. The Labute approximate surface area is 199 Å². The smallest absolute Gasteiger partial charge is 0.319 e. The van der Waals surface area contributed by atoms with E-state index in [9.17, 15) is 14.4 Å². The number of aryl methyl sites for hydroxylation is 2. The van der Waals surface area contributed by atoms with Crippen LogP contribution in [0.5, 0.6) is 0 Å². The Morgan fingerprint density at radius 1 is 0.971 bits per heavy atom. The van der Waals surface area contributed by atoms with Crippen LogP contribution in [0.4, 0.5) is 16.2 Å². The Kier molecular flexibility index (Phi) is 6.63. The van der Waals surface area contributed by atoms with Crippen molar-refractivity contribution in [3.8, 4) is 0 Å². The van der Waals surface area contributed by atoms with Gasteiger partial charge in [0, 0.05) is 17.3 Å². The maximum atomic E-state index is 13.6. The van der Waals surface area contributed by atoms with Crippen LogP contribution >= 0.6 is 0 Å². The van der Waals surface area contributed by atoms with Crippen molar-refractivity contribution in [2.45, 2.75) is 32.2 Å². The second-order valence-corrected chi connectivity index (χ2v) is 8.67. The van der Waals surface area contributed by atoms with Gasteiger partial charge in [-0.15, -0.1) is 0 Å². The Morgan fingerprint density at radius 2 is 1.71 bits per heavy atom. The number of hydrogen-bond donors (Lipinski definition) is 3. The second-order valence-electron chi connectivity index (χ2n) is 8.67.